The third-order valence-electron chi connectivity index (χ3n) is 4.46. The van der Waals surface area contributed by atoms with Gasteiger partial charge in [0.15, 0.2) is 0 Å². The molecule has 0 bridgehead atoms. The Balaban J connectivity index is 1.63. The second-order valence-electron chi connectivity index (χ2n) is 5.89. The van der Waals surface area contributed by atoms with E-state index < -0.39 is 0 Å². The summed E-state index contributed by atoms with van der Waals surface area (Å²) in [5, 5.41) is 0. The average molecular weight is 291 g/mol. The van der Waals surface area contributed by atoms with Crippen molar-refractivity contribution in [3.8, 4) is 5.75 Å². The summed E-state index contributed by atoms with van der Waals surface area (Å²) in [4.78, 5) is 5.02. The number of nitrogens with zero attached hydrogens (tertiary/aromatic N) is 2. The van der Waals surface area contributed by atoms with E-state index in [9.17, 15) is 0 Å². The van der Waals surface area contributed by atoms with Gasteiger partial charge < -0.3 is 20.3 Å². The normalized spacial score (nSPS) is 17.3. The summed E-state index contributed by atoms with van der Waals surface area (Å²) in [7, 11) is 2.24. The molecule has 21 heavy (non-hydrogen) atoms. The highest BCUT2D eigenvalue weighted by Gasteiger charge is 2.21. The molecule has 1 aromatic rings. The average Bonchev–Trinajstić information content (AvgIpc) is 2.53. The minimum Gasteiger partial charge on any atom is -0.491 e. The molecule has 0 aliphatic carbocycles. The van der Waals surface area contributed by atoms with Gasteiger partial charge in [0.2, 0.25) is 0 Å². The van der Waals surface area contributed by atoms with Gasteiger partial charge in [0.1, 0.15) is 5.75 Å². The molecule has 0 saturated carbocycles. The van der Waals surface area contributed by atoms with E-state index in [1.165, 1.54) is 32.5 Å². The van der Waals surface area contributed by atoms with Crippen LogP contribution in [-0.4, -0.2) is 55.7 Å². The molecule has 0 unspecified atom stereocenters. The number of hydrogen-bond donors (Lipinski definition) is 1. The van der Waals surface area contributed by atoms with E-state index in [-0.39, 0.29) is 0 Å². The van der Waals surface area contributed by atoms with Crippen molar-refractivity contribution in [1.29, 1.82) is 0 Å². The van der Waals surface area contributed by atoms with Crippen molar-refractivity contribution in [3.63, 3.8) is 0 Å². The molecule has 118 valence electrons. The minimum absolute atomic E-state index is 0.720. The molecule has 0 spiro atoms. The van der Waals surface area contributed by atoms with Crippen LogP contribution in [0, 0.1) is 0 Å². The summed E-state index contributed by atoms with van der Waals surface area (Å²) in [6, 6.07) is 8.43. The van der Waals surface area contributed by atoms with E-state index in [0.29, 0.717) is 0 Å². The fourth-order valence-electron chi connectivity index (χ4n) is 2.97. The summed E-state index contributed by atoms with van der Waals surface area (Å²) in [6.45, 7) is 7.72. The van der Waals surface area contributed by atoms with E-state index in [0.717, 1.165) is 37.1 Å². The Kier molecular flexibility index (Phi) is 6.33. The van der Waals surface area contributed by atoms with Gasteiger partial charge in [-0.25, -0.2) is 0 Å². The Labute approximate surface area is 128 Å². The predicted octanol–water partition coefficient (Wildman–Crippen LogP) is 2.45. The smallest absolute Gasteiger partial charge is 0.142 e. The van der Waals surface area contributed by atoms with Gasteiger partial charge in [-0.15, -0.1) is 0 Å². The number of ether oxygens (including phenoxy) is 1. The van der Waals surface area contributed by atoms with Gasteiger partial charge in [-0.3, -0.25) is 0 Å². The van der Waals surface area contributed by atoms with Crippen LogP contribution in [0.15, 0.2) is 24.3 Å². The quantitative estimate of drug-likeness (QED) is 0.619. The van der Waals surface area contributed by atoms with Gasteiger partial charge >= 0.3 is 0 Å². The van der Waals surface area contributed by atoms with Crippen LogP contribution in [0.5, 0.6) is 5.75 Å². The van der Waals surface area contributed by atoms with Crippen molar-refractivity contribution < 1.29 is 4.74 Å². The third-order valence-corrected chi connectivity index (χ3v) is 4.46. The van der Waals surface area contributed by atoms with Crippen molar-refractivity contribution in [1.82, 2.24) is 9.80 Å². The fraction of sp³-hybridized carbons (Fsp3) is 0.647. The van der Waals surface area contributed by atoms with Crippen molar-refractivity contribution in [2.45, 2.75) is 32.2 Å². The molecule has 0 aromatic heterocycles. The van der Waals surface area contributed by atoms with Gasteiger partial charge in [0.25, 0.3) is 0 Å². The Morgan fingerprint density at radius 1 is 1.29 bits per heavy atom. The Morgan fingerprint density at radius 3 is 2.67 bits per heavy atom. The second-order valence-corrected chi connectivity index (χ2v) is 5.89. The first kappa shape index (κ1) is 16.1. The number of nitrogen functional groups attached to an aromatic ring is 1. The minimum atomic E-state index is 0.720. The van der Waals surface area contributed by atoms with Crippen LogP contribution in [0.3, 0.4) is 0 Å². The lowest BCUT2D eigenvalue weighted by atomic mass is 10.0. The van der Waals surface area contributed by atoms with Crippen molar-refractivity contribution in [2.75, 3.05) is 45.6 Å². The molecule has 1 aliphatic heterocycles. The second kappa shape index (κ2) is 8.25. The molecule has 2 N–H and O–H groups in total. The molecule has 2 rings (SSSR count). The number of benzene rings is 1. The molecular formula is C17H29N3O. The van der Waals surface area contributed by atoms with Crippen LogP contribution in [-0.2, 0) is 0 Å². The van der Waals surface area contributed by atoms with Gasteiger partial charge in [0, 0.05) is 12.6 Å². The predicted molar refractivity (Wildman–Crippen MR) is 88.7 cm³/mol. The van der Waals surface area contributed by atoms with E-state index in [1.807, 2.05) is 24.3 Å². The summed E-state index contributed by atoms with van der Waals surface area (Å²) in [5.74, 6) is 0.802. The maximum atomic E-state index is 5.87. The Bertz CT molecular complexity index is 416. The lowest BCUT2D eigenvalue weighted by Gasteiger charge is -2.36. The molecule has 4 heteroatoms. The maximum absolute atomic E-state index is 5.87. The molecule has 1 aliphatic rings. The summed E-state index contributed by atoms with van der Waals surface area (Å²) >= 11 is 0. The molecular weight excluding hydrogens is 262 g/mol. The Morgan fingerprint density at radius 2 is 2.00 bits per heavy atom. The van der Waals surface area contributed by atoms with Crippen LogP contribution in [0.4, 0.5) is 5.69 Å². The molecule has 0 atom stereocenters. The molecule has 4 nitrogen and oxygen atoms in total. The standard InChI is InChI=1S/C17H29N3O/c1-3-20-12-9-15(10-13-20)19(2)11-6-14-21-17-8-5-4-7-16(17)18/h4-5,7-8,15H,3,6,9-14,18H2,1-2H3. The molecule has 1 heterocycles. The molecule has 0 amide bonds. The SMILES string of the molecule is CCN1CCC(N(C)CCCOc2ccccc2N)CC1. The third kappa shape index (κ3) is 4.90. The highest BCUT2D eigenvalue weighted by atomic mass is 16.5. The van der Waals surface area contributed by atoms with E-state index in [1.54, 1.807) is 0 Å². The fourth-order valence-corrected chi connectivity index (χ4v) is 2.97. The zero-order chi connectivity index (χ0) is 15.1. The van der Waals surface area contributed by atoms with Crippen molar-refractivity contribution in [3.05, 3.63) is 24.3 Å². The number of anilines is 1. The summed E-state index contributed by atoms with van der Waals surface area (Å²) in [6.07, 6.45) is 3.62. The molecule has 1 fully saturated rings. The van der Waals surface area contributed by atoms with Gasteiger partial charge in [-0.05, 0) is 58.1 Å². The number of rotatable bonds is 7. The lowest BCUT2D eigenvalue weighted by Crippen LogP contribution is -2.43. The first-order valence-electron chi connectivity index (χ1n) is 8.10. The van der Waals surface area contributed by atoms with Gasteiger partial charge in [-0.1, -0.05) is 19.1 Å². The summed E-state index contributed by atoms with van der Waals surface area (Å²) in [5.41, 5.74) is 6.59. The van der Waals surface area contributed by atoms with E-state index >= 15 is 0 Å². The Hall–Kier alpha value is -1.26. The van der Waals surface area contributed by atoms with E-state index in [2.05, 4.69) is 23.8 Å². The van der Waals surface area contributed by atoms with Crippen LogP contribution < -0.4 is 10.5 Å². The maximum Gasteiger partial charge on any atom is 0.142 e. The molecule has 1 aromatic carbocycles. The van der Waals surface area contributed by atoms with Crippen molar-refractivity contribution in [2.24, 2.45) is 0 Å². The number of likely N-dealkylation sites (tertiary alicyclic amines) is 1. The van der Waals surface area contributed by atoms with Gasteiger partial charge in [-0.2, -0.15) is 0 Å². The highest BCUT2D eigenvalue weighted by molar-refractivity contribution is 5.51. The van der Waals surface area contributed by atoms with E-state index in [4.69, 9.17) is 10.5 Å². The highest BCUT2D eigenvalue weighted by Crippen LogP contribution is 2.20. The number of para-hydroxylation sites is 2. The number of piperidine rings is 1. The van der Waals surface area contributed by atoms with Crippen molar-refractivity contribution >= 4 is 5.69 Å². The number of hydrogen-bond acceptors (Lipinski definition) is 4. The first-order chi connectivity index (χ1) is 10.2. The summed E-state index contributed by atoms with van der Waals surface area (Å²) < 4.78 is 5.75. The lowest BCUT2D eigenvalue weighted by molar-refractivity contribution is 0.126. The zero-order valence-electron chi connectivity index (χ0n) is 13.4. The van der Waals surface area contributed by atoms with Gasteiger partial charge in [0.05, 0.1) is 12.3 Å². The first-order valence-corrected chi connectivity index (χ1v) is 8.10. The number of nitrogens with two attached hydrogens (primary N) is 1. The van der Waals surface area contributed by atoms with Crippen LogP contribution in [0.1, 0.15) is 26.2 Å². The topological polar surface area (TPSA) is 41.7 Å². The largest absolute Gasteiger partial charge is 0.491 e. The van der Waals surface area contributed by atoms with Crippen LogP contribution >= 0.6 is 0 Å². The zero-order valence-corrected chi connectivity index (χ0v) is 13.4. The monoisotopic (exact) mass is 291 g/mol. The molecule has 0 radical (unpaired) electrons. The van der Waals surface area contributed by atoms with Crippen LogP contribution in [0.2, 0.25) is 0 Å². The van der Waals surface area contributed by atoms with Crippen LogP contribution in [0.25, 0.3) is 0 Å². The molecule has 1 saturated heterocycles.